The Balaban J connectivity index is 1.47. The van der Waals surface area contributed by atoms with E-state index in [1.54, 1.807) is 0 Å². The van der Waals surface area contributed by atoms with Crippen molar-refractivity contribution in [3.05, 3.63) is 29.8 Å². The van der Waals surface area contributed by atoms with Gasteiger partial charge in [0.15, 0.2) is 0 Å². The van der Waals surface area contributed by atoms with Crippen LogP contribution in [0.15, 0.2) is 24.3 Å². The second kappa shape index (κ2) is 8.52. The standard InChI is InChI=1S/C21H34N2O2/c1-17-4-3-5-18(2)23(17)16-19-6-8-20(9-7-19)25-15-12-21(24)10-13-22-14-11-21/h6-9,17-18,22,24H,3-5,10-16H2,1-2H3. The van der Waals surface area contributed by atoms with Crippen LogP contribution < -0.4 is 10.1 Å². The number of ether oxygens (including phenoxy) is 1. The average molecular weight is 347 g/mol. The van der Waals surface area contributed by atoms with E-state index >= 15 is 0 Å². The van der Waals surface area contributed by atoms with Gasteiger partial charge < -0.3 is 15.2 Å². The van der Waals surface area contributed by atoms with Crippen LogP contribution in [0.4, 0.5) is 0 Å². The van der Waals surface area contributed by atoms with E-state index in [0.29, 0.717) is 25.1 Å². The largest absolute Gasteiger partial charge is 0.493 e. The maximum absolute atomic E-state index is 10.5. The second-order valence-corrected chi connectivity index (χ2v) is 8.02. The van der Waals surface area contributed by atoms with Crippen LogP contribution in [0.1, 0.15) is 57.9 Å². The molecule has 2 fully saturated rings. The number of piperidine rings is 2. The Labute approximate surface area is 152 Å². The molecule has 1 aromatic rings. The Kier molecular flexibility index (Phi) is 6.37. The molecule has 25 heavy (non-hydrogen) atoms. The molecule has 140 valence electrons. The van der Waals surface area contributed by atoms with Crippen molar-refractivity contribution in [3.63, 3.8) is 0 Å². The highest BCUT2D eigenvalue weighted by Gasteiger charge is 2.28. The Bertz CT molecular complexity index is 515. The molecule has 0 amide bonds. The second-order valence-electron chi connectivity index (χ2n) is 8.02. The van der Waals surface area contributed by atoms with Gasteiger partial charge in [-0.25, -0.2) is 0 Å². The van der Waals surface area contributed by atoms with Crippen molar-refractivity contribution in [3.8, 4) is 5.75 Å². The zero-order valence-corrected chi connectivity index (χ0v) is 15.8. The van der Waals surface area contributed by atoms with Crippen LogP contribution in [-0.2, 0) is 6.54 Å². The van der Waals surface area contributed by atoms with E-state index in [1.807, 2.05) is 0 Å². The molecule has 1 aromatic carbocycles. The molecule has 2 aliphatic rings. The van der Waals surface area contributed by atoms with Crippen LogP contribution in [0.5, 0.6) is 5.75 Å². The van der Waals surface area contributed by atoms with Crippen LogP contribution >= 0.6 is 0 Å². The predicted octanol–water partition coefficient (Wildman–Crippen LogP) is 3.33. The van der Waals surface area contributed by atoms with Crippen LogP contribution in [0.3, 0.4) is 0 Å². The lowest BCUT2D eigenvalue weighted by molar-refractivity contribution is -0.00771. The van der Waals surface area contributed by atoms with Gasteiger partial charge in [0.05, 0.1) is 12.2 Å². The van der Waals surface area contributed by atoms with E-state index in [0.717, 1.165) is 38.2 Å². The van der Waals surface area contributed by atoms with Gasteiger partial charge in [0.2, 0.25) is 0 Å². The number of hydrogen-bond donors (Lipinski definition) is 2. The van der Waals surface area contributed by atoms with Crippen molar-refractivity contribution in [1.82, 2.24) is 10.2 Å². The molecular formula is C21H34N2O2. The van der Waals surface area contributed by atoms with Crippen molar-refractivity contribution in [2.75, 3.05) is 19.7 Å². The minimum absolute atomic E-state index is 0.550. The van der Waals surface area contributed by atoms with Gasteiger partial charge in [-0.1, -0.05) is 18.6 Å². The maximum atomic E-state index is 10.5. The van der Waals surface area contributed by atoms with Gasteiger partial charge in [0, 0.05) is 25.0 Å². The molecule has 0 radical (unpaired) electrons. The van der Waals surface area contributed by atoms with Crippen molar-refractivity contribution in [1.29, 1.82) is 0 Å². The maximum Gasteiger partial charge on any atom is 0.119 e. The molecule has 0 spiro atoms. The van der Waals surface area contributed by atoms with Gasteiger partial charge in [0.25, 0.3) is 0 Å². The molecule has 0 aliphatic carbocycles. The summed E-state index contributed by atoms with van der Waals surface area (Å²) in [7, 11) is 0. The first kappa shape index (κ1) is 18.7. The molecule has 0 saturated carbocycles. The van der Waals surface area contributed by atoms with Crippen LogP contribution in [-0.4, -0.2) is 47.4 Å². The quantitative estimate of drug-likeness (QED) is 0.829. The number of aliphatic hydroxyl groups is 1. The number of nitrogens with zero attached hydrogens (tertiary/aromatic N) is 1. The van der Waals surface area contributed by atoms with E-state index in [1.165, 1.54) is 24.8 Å². The third-order valence-corrected chi connectivity index (χ3v) is 6.04. The Morgan fingerprint density at radius 3 is 2.40 bits per heavy atom. The third-order valence-electron chi connectivity index (χ3n) is 6.04. The molecule has 2 aliphatic heterocycles. The average Bonchev–Trinajstić information content (AvgIpc) is 2.60. The van der Waals surface area contributed by atoms with Gasteiger partial charge in [-0.2, -0.15) is 0 Å². The zero-order valence-electron chi connectivity index (χ0n) is 15.8. The molecule has 0 aromatic heterocycles. The summed E-state index contributed by atoms with van der Waals surface area (Å²) < 4.78 is 5.87. The molecule has 2 unspecified atom stereocenters. The first-order chi connectivity index (χ1) is 12.1. The Hall–Kier alpha value is -1.10. The van der Waals surface area contributed by atoms with Gasteiger partial charge in [-0.3, -0.25) is 4.90 Å². The summed E-state index contributed by atoms with van der Waals surface area (Å²) in [4.78, 5) is 2.62. The fourth-order valence-electron chi connectivity index (χ4n) is 4.19. The third kappa shape index (κ3) is 5.19. The highest BCUT2D eigenvalue weighted by atomic mass is 16.5. The SMILES string of the molecule is CC1CCCC(C)N1Cc1ccc(OCCC2(O)CCNCC2)cc1. The number of likely N-dealkylation sites (tertiary alicyclic amines) is 1. The topological polar surface area (TPSA) is 44.7 Å². The Morgan fingerprint density at radius 2 is 1.76 bits per heavy atom. The predicted molar refractivity (Wildman–Crippen MR) is 102 cm³/mol. The minimum atomic E-state index is -0.550. The van der Waals surface area contributed by atoms with E-state index < -0.39 is 5.60 Å². The molecule has 4 heteroatoms. The molecule has 2 heterocycles. The fourth-order valence-corrected chi connectivity index (χ4v) is 4.19. The van der Waals surface area contributed by atoms with Gasteiger partial charge in [-0.05, 0) is 70.3 Å². The van der Waals surface area contributed by atoms with E-state index in [4.69, 9.17) is 4.74 Å². The van der Waals surface area contributed by atoms with E-state index in [2.05, 4.69) is 48.3 Å². The minimum Gasteiger partial charge on any atom is -0.493 e. The van der Waals surface area contributed by atoms with Crippen molar-refractivity contribution in [2.45, 2.75) is 76.6 Å². The number of benzene rings is 1. The molecular weight excluding hydrogens is 312 g/mol. The first-order valence-corrected chi connectivity index (χ1v) is 9.96. The van der Waals surface area contributed by atoms with Crippen molar-refractivity contribution in [2.24, 2.45) is 0 Å². The zero-order chi connectivity index (χ0) is 17.7. The highest BCUT2D eigenvalue weighted by molar-refractivity contribution is 5.27. The number of hydrogen-bond acceptors (Lipinski definition) is 4. The van der Waals surface area contributed by atoms with Crippen LogP contribution in [0, 0.1) is 0 Å². The van der Waals surface area contributed by atoms with Gasteiger partial charge >= 0.3 is 0 Å². The van der Waals surface area contributed by atoms with Gasteiger partial charge in [0.1, 0.15) is 5.75 Å². The normalized spacial score (nSPS) is 27.2. The van der Waals surface area contributed by atoms with Crippen molar-refractivity contribution < 1.29 is 9.84 Å². The van der Waals surface area contributed by atoms with E-state index in [9.17, 15) is 5.11 Å². The molecule has 2 atom stereocenters. The van der Waals surface area contributed by atoms with E-state index in [-0.39, 0.29) is 0 Å². The molecule has 4 nitrogen and oxygen atoms in total. The molecule has 2 saturated heterocycles. The summed E-state index contributed by atoms with van der Waals surface area (Å²) in [5, 5.41) is 13.8. The molecule has 2 N–H and O–H groups in total. The summed E-state index contributed by atoms with van der Waals surface area (Å²) in [6.07, 6.45) is 6.32. The highest BCUT2D eigenvalue weighted by Crippen LogP contribution is 2.26. The summed E-state index contributed by atoms with van der Waals surface area (Å²) in [6, 6.07) is 9.85. The smallest absolute Gasteiger partial charge is 0.119 e. The monoisotopic (exact) mass is 346 g/mol. The van der Waals surface area contributed by atoms with Gasteiger partial charge in [-0.15, -0.1) is 0 Å². The first-order valence-electron chi connectivity index (χ1n) is 9.96. The lowest BCUT2D eigenvalue weighted by Gasteiger charge is -2.39. The molecule has 3 rings (SSSR count). The van der Waals surface area contributed by atoms with Crippen LogP contribution in [0.25, 0.3) is 0 Å². The molecule has 0 bridgehead atoms. The summed E-state index contributed by atoms with van der Waals surface area (Å²) in [5.74, 6) is 0.904. The lowest BCUT2D eigenvalue weighted by atomic mass is 9.89. The number of nitrogens with one attached hydrogen (secondary N) is 1. The summed E-state index contributed by atoms with van der Waals surface area (Å²) >= 11 is 0. The summed E-state index contributed by atoms with van der Waals surface area (Å²) in [5.41, 5.74) is 0.802. The summed E-state index contributed by atoms with van der Waals surface area (Å²) in [6.45, 7) is 8.10. The lowest BCUT2D eigenvalue weighted by Crippen LogP contribution is -2.42. The number of rotatable bonds is 6. The Morgan fingerprint density at radius 1 is 1.12 bits per heavy atom. The van der Waals surface area contributed by atoms with Crippen LogP contribution in [0.2, 0.25) is 0 Å². The fraction of sp³-hybridized carbons (Fsp3) is 0.714. The van der Waals surface area contributed by atoms with Crippen molar-refractivity contribution >= 4 is 0 Å².